The van der Waals surface area contributed by atoms with Crippen molar-refractivity contribution in [3.8, 4) is 0 Å². The Balaban J connectivity index is 2.47. The summed E-state index contributed by atoms with van der Waals surface area (Å²) in [6.07, 6.45) is 0. The zero-order valence-electron chi connectivity index (χ0n) is 11.8. The fourth-order valence-corrected chi connectivity index (χ4v) is 3.68. The first kappa shape index (κ1) is 17.4. The summed E-state index contributed by atoms with van der Waals surface area (Å²) in [7, 11) is -4.02. The molecule has 2 aromatic rings. The first-order valence-corrected chi connectivity index (χ1v) is 8.47. The minimum absolute atomic E-state index is 0.103. The summed E-state index contributed by atoms with van der Waals surface area (Å²) in [5, 5.41) is 9.20. The SMILES string of the molecule is Cc1ccc(C(=O)O)cc1S(=O)(=O)Nc1cc(Cl)c(N)c(Cl)c1. The van der Waals surface area contributed by atoms with Crippen LogP contribution in [0.5, 0.6) is 0 Å². The standard InChI is InChI=1S/C14H12Cl2N2O4S/c1-7-2-3-8(14(19)20)4-12(7)23(21,22)18-9-5-10(15)13(17)11(16)6-9/h2-6,18H,17H2,1H3,(H,19,20). The van der Waals surface area contributed by atoms with Crippen LogP contribution in [-0.2, 0) is 10.0 Å². The summed E-state index contributed by atoms with van der Waals surface area (Å²) in [5.41, 5.74) is 6.12. The third-order valence-corrected chi connectivity index (χ3v) is 5.20. The van der Waals surface area contributed by atoms with Gasteiger partial charge in [0.05, 0.1) is 31.9 Å². The lowest BCUT2D eigenvalue weighted by Crippen LogP contribution is -2.15. The average Bonchev–Trinajstić information content (AvgIpc) is 2.44. The molecule has 2 aromatic carbocycles. The molecule has 23 heavy (non-hydrogen) atoms. The quantitative estimate of drug-likeness (QED) is 0.710. The minimum Gasteiger partial charge on any atom is -0.478 e. The molecule has 0 aliphatic rings. The minimum atomic E-state index is -4.02. The normalized spacial score (nSPS) is 11.3. The van der Waals surface area contributed by atoms with Crippen LogP contribution in [0.4, 0.5) is 11.4 Å². The fourth-order valence-electron chi connectivity index (χ4n) is 1.88. The number of halogens is 2. The van der Waals surface area contributed by atoms with Crippen molar-refractivity contribution < 1.29 is 18.3 Å². The van der Waals surface area contributed by atoms with Gasteiger partial charge in [-0.05, 0) is 36.8 Å². The van der Waals surface area contributed by atoms with Gasteiger partial charge in [0.1, 0.15) is 0 Å². The Morgan fingerprint density at radius 1 is 1.17 bits per heavy atom. The molecule has 9 heteroatoms. The Morgan fingerprint density at radius 3 is 2.26 bits per heavy atom. The van der Waals surface area contributed by atoms with E-state index in [1.54, 1.807) is 6.92 Å². The van der Waals surface area contributed by atoms with E-state index in [1.807, 2.05) is 0 Å². The lowest BCUT2D eigenvalue weighted by Gasteiger charge is -2.12. The number of carboxylic acids is 1. The van der Waals surface area contributed by atoms with Crippen LogP contribution < -0.4 is 10.5 Å². The number of rotatable bonds is 4. The van der Waals surface area contributed by atoms with Crippen LogP contribution in [0.25, 0.3) is 0 Å². The summed E-state index contributed by atoms with van der Waals surface area (Å²) in [6, 6.07) is 6.46. The molecule has 0 amide bonds. The van der Waals surface area contributed by atoms with Gasteiger partial charge in [0, 0.05) is 0 Å². The number of carboxylic acid groups (broad SMARTS) is 1. The number of hydrogen-bond donors (Lipinski definition) is 3. The van der Waals surface area contributed by atoms with Crippen molar-refractivity contribution in [1.29, 1.82) is 0 Å². The molecule has 122 valence electrons. The smallest absolute Gasteiger partial charge is 0.335 e. The molecule has 0 saturated carbocycles. The van der Waals surface area contributed by atoms with Gasteiger partial charge in [-0.2, -0.15) is 0 Å². The number of anilines is 2. The van der Waals surface area contributed by atoms with Gasteiger partial charge in [0.2, 0.25) is 0 Å². The molecule has 0 aliphatic heterocycles. The molecule has 0 heterocycles. The maximum Gasteiger partial charge on any atom is 0.335 e. The summed E-state index contributed by atoms with van der Waals surface area (Å²) in [6.45, 7) is 1.56. The molecule has 0 spiro atoms. The molecule has 0 aromatic heterocycles. The van der Waals surface area contributed by atoms with Gasteiger partial charge < -0.3 is 10.8 Å². The summed E-state index contributed by atoms with van der Waals surface area (Å²) < 4.78 is 27.3. The Kier molecular flexibility index (Phi) is 4.74. The number of benzene rings is 2. The third kappa shape index (κ3) is 3.69. The second-order valence-corrected chi connectivity index (χ2v) is 7.21. The molecule has 0 saturated heterocycles. The van der Waals surface area contributed by atoms with Gasteiger partial charge in [-0.3, -0.25) is 4.72 Å². The van der Waals surface area contributed by atoms with Crippen LogP contribution in [0.15, 0.2) is 35.2 Å². The highest BCUT2D eigenvalue weighted by atomic mass is 35.5. The topological polar surface area (TPSA) is 109 Å². The largest absolute Gasteiger partial charge is 0.478 e. The van der Waals surface area contributed by atoms with Gasteiger partial charge in [-0.1, -0.05) is 29.3 Å². The Morgan fingerprint density at radius 2 is 1.74 bits per heavy atom. The zero-order chi connectivity index (χ0) is 17.4. The van der Waals surface area contributed by atoms with E-state index in [2.05, 4.69) is 4.72 Å². The van der Waals surface area contributed by atoms with Crippen molar-refractivity contribution in [2.75, 3.05) is 10.5 Å². The average molecular weight is 375 g/mol. The molecule has 0 atom stereocenters. The van der Waals surface area contributed by atoms with Crippen LogP contribution >= 0.6 is 23.2 Å². The monoisotopic (exact) mass is 374 g/mol. The van der Waals surface area contributed by atoms with E-state index < -0.39 is 16.0 Å². The second kappa shape index (κ2) is 6.27. The Labute approximate surface area is 142 Å². The maximum atomic E-state index is 12.5. The van der Waals surface area contributed by atoms with Gasteiger partial charge in [-0.25, -0.2) is 13.2 Å². The van der Waals surface area contributed by atoms with Gasteiger partial charge >= 0.3 is 5.97 Å². The van der Waals surface area contributed by atoms with E-state index in [9.17, 15) is 13.2 Å². The van der Waals surface area contributed by atoms with Crippen LogP contribution in [0, 0.1) is 6.92 Å². The molecule has 0 unspecified atom stereocenters. The van der Waals surface area contributed by atoms with Crippen molar-refractivity contribution >= 4 is 50.6 Å². The number of sulfonamides is 1. The highest BCUT2D eigenvalue weighted by molar-refractivity contribution is 7.92. The first-order chi connectivity index (χ1) is 10.6. The lowest BCUT2D eigenvalue weighted by molar-refractivity contribution is 0.0696. The molecular weight excluding hydrogens is 363 g/mol. The zero-order valence-corrected chi connectivity index (χ0v) is 14.1. The van der Waals surface area contributed by atoms with Crippen LogP contribution in [0.3, 0.4) is 0 Å². The van der Waals surface area contributed by atoms with E-state index in [-0.39, 0.29) is 31.9 Å². The number of aromatic carboxylic acids is 1. The molecule has 0 radical (unpaired) electrons. The van der Waals surface area contributed by atoms with Crippen molar-refractivity contribution in [2.24, 2.45) is 0 Å². The Hall–Kier alpha value is -1.96. The predicted molar refractivity (Wildman–Crippen MR) is 89.8 cm³/mol. The summed E-state index contributed by atoms with van der Waals surface area (Å²) >= 11 is 11.7. The van der Waals surface area contributed by atoms with E-state index in [4.69, 9.17) is 34.0 Å². The number of nitrogens with one attached hydrogen (secondary N) is 1. The maximum absolute atomic E-state index is 12.5. The lowest BCUT2D eigenvalue weighted by atomic mass is 10.1. The van der Waals surface area contributed by atoms with Crippen molar-refractivity contribution in [3.63, 3.8) is 0 Å². The second-order valence-electron chi connectivity index (χ2n) is 4.74. The highest BCUT2D eigenvalue weighted by Crippen LogP contribution is 2.32. The van der Waals surface area contributed by atoms with Crippen LogP contribution in [0.2, 0.25) is 10.0 Å². The number of nitrogens with two attached hydrogens (primary N) is 1. The third-order valence-electron chi connectivity index (χ3n) is 3.06. The van der Waals surface area contributed by atoms with Crippen molar-refractivity contribution in [1.82, 2.24) is 0 Å². The van der Waals surface area contributed by atoms with Gasteiger partial charge in [0.15, 0.2) is 0 Å². The first-order valence-electron chi connectivity index (χ1n) is 6.23. The molecule has 6 nitrogen and oxygen atoms in total. The van der Waals surface area contributed by atoms with Crippen LogP contribution in [0.1, 0.15) is 15.9 Å². The molecule has 0 fully saturated rings. The Bertz CT molecular complexity index is 875. The molecule has 0 bridgehead atoms. The van der Waals surface area contributed by atoms with Gasteiger partial charge in [0.25, 0.3) is 10.0 Å². The summed E-state index contributed by atoms with van der Waals surface area (Å²) in [4.78, 5) is 10.9. The van der Waals surface area contributed by atoms with E-state index in [1.165, 1.54) is 24.3 Å². The fraction of sp³-hybridized carbons (Fsp3) is 0.0714. The van der Waals surface area contributed by atoms with E-state index >= 15 is 0 Å². The highest BCUT2D eigenvalue weighted by Gasteiger charge is 2.20. The number of nitrogen functional groups attached to an aromatic ring is 1. The molecule has 0 aliphatic carbocycles. The number of aryl methyl sites for hydroxylation is 1. The molecule has 2 rings (SSSR count). The van der Waals surface area contributed by atoms with Crippen LogP contribution in [-0.4, -0.2) is 19.5 Å². The predicted octanol–water partition coefficient (Wildman–Crippen LogP) is 3.38. The van der Waals surface area contributed by atoms with Gasteiger partial charge in [-0.15, -0.1) is 0 Å². The molecular formula is C14H12Cl2N2O4S. The summed E-state index contributed by atoms with van der Waals surface area (Å²) in [5.74, 6) is -1.22. The van der Waals surface area contributed by atoms with Crippen molar-refractivity contribution in [2.45, 2.75) is 11.8 Å². The number of hydrogen-bond acceptors (Lipinski definition) is 4. The number of carbonyl (C=O) groups is 1. The van der Waals surface area contributed by atoms with E-state index in [0.29, 0.717) is 5.56 Å². The molecule has 4 N–H and O–H groups in total. The van der Waals surface area contributed by atoms with Crippen molar-refractivity contribution in [3.05, 3.63) is 51.5 Å². The van der Waals surface area contributed by atoms with E-state index in [0.717, 1.165) is 6.07 Å².